The average Bonchev–Trinajstić information content (AvgIpc) is 2.58. The van der Waals surface area contributed by atoms with E-state index in [-0.39, 0.29) is 0 Å². The van der Waals surface area contributed by atoms with E-state index in [2.05, 4.69) is 22.0 Å². The maximum atomic E-state index is 5.97. The van der Waals surface area contributed by atoms with Gasteiger partial charge in [-0.05, 0) is 39.5 Å². The highest BCUT2D eigenvalue weighted by Gasteiger charge is 2.06. The third kappa shape index (κ3) is 1.45. The van der Waals surface area contributed by atoms with Gasteiger partial charge in [0, 0.05) is 15.8 Å². The Kier molecular flexibility index (Phi) is 2.01. The van der Waals surface area contributed by atoms with Crippen LogP contribution in [0.25, 0.3) is 21.7 Å². The van der Waals surface area contributed by atoms with Crippen LogP contribution in [0.1, 0.15) is 0 Å². The van der Waals surface area contributed by atoms with Gasteiger partial charge in [0.05, 0.1) is 0 Å². The molecule has 0 aliphatic rings. The van der Waals surface area contributed by atoms with Crippen LogP contribution in [-0.4, -0.2) is 0 Å². The van der Waals surface area contributed by atoms with E-state index in [0.29, 0.717) is 0 Å². The molecule has 0 atom stereocenters. The number of benzene rings is 2. The van der Waals surface area contributed by atoms with Gasteiger partial charge in [-0.25, -0.2) is 0 Å². The molecule has 2 aromatic carbocycles. The van der Waals surface area contributed by atoms with Crippen LogP contribution in [0.2, 0.25) is 5.02 Å². The van der Waals surface area contributed by atoms with Gasteiger partial charge in [0.1, 0.15) is 5.58 Å². The summed E-state index contributed by atoms with van der Waals surface area (Å²) < 4.78 is 6.33. The van der Waals surface area contributed by atoms with Crippen molar-refractivity contribution in [2.24, 2.45) is 0 Å². The van der Waals surface area contributed by atoms with E-state index in [4.69, 9.17) is 16.0 Å². The summed E-state index contributed by atoms with van der Waals surface area (Å²) in [5.41, 5.74) is 0.877. The summed E-state index contributed by atoms with van der Waals surface area (Å²) in [6.07, 6.45) is 0. The molecule has 1 heterocycles. The summed E-state index contributed by atoms with van der Waals surface area (Å²) in [5.74, 6) is 0. The molecule has 3 aromatic rings. The molecular weight excluding hydrogens is 275 g/mol. The van der Waals surface area contributed by atoms with Crippen LogP contribution < -0.4 is 0 Å². The average molecular weight is 282 g/mol. The van der Waals surface area contributed by atoms with Gasteiger partial charge >= 0.3 is 0 Å². The standard InChI is InChI=1S/C12H6BrClO/c13-11-5-8-2-1-7-3-4-9(14)6-10(7)12(8)15-11/h1-6H. The monoisotopic (exact) mass is 280 g/mol. The summed E-state index contributed by atoms with van der Waals surface area (Å²) in [5, 5.41) is 3.98. The van der Waals surface area contributed by atoms with Crippen molar-refractivity contribution < 1.29 is 4.42 Å². The molecule has 0 aliphatic carbocycles. The zero-order valence-electron chi connectivity index (χ0n) is 7.63. The first-order valence-electron chi connectivity index (χ1n) is 4.51. The van der Waals surface area contributed by atoms with Crippen LogP contribution in [0, 0.1) is 0 Å². The maximum Gasteiger partial charge on any atom is 0.170 e. The van der Waals surface area contributed by atoms with E-state index < -0.39 is 0 Å². The Bertz CT molecular complexity index is 657. The molecule has 0 fully saturated rings. The quantitative estimate of drug-likeness (QED) is 0.565. The second-order valence-electron chi connectivity index (χ2n) is 3.40. The van der Waals surface area contributed by atoms with Gasteiger partial charge in [0.25, 0.3) is 0 Å². The molecule has 0 bridgehead atoms. The van der Waals surface area contributed by atoms with Crippen molar-refractivity contribution in [3.05, 3.63) is 46.1 Å². The van der Waals surface area contributed by atoms with Crippen molar-refractivity contribution in [2.75, 3.05) is 0 Å². The van der Waals surface area contributed by atoms with Gasteiger partial charge in [-0.3, -0.25) is 0 Å². The minimum Gasteiger partial charge on any atom is -0.449 e. The Hall–Kier alpha value is -0.990. The van der Waals surface area contributed by atoms with Crippen molar-refractivity contribution in [1.29, 1.82) is 0 Å². The number of fused-ring (bicyclic) bond motifs is 3. The van der Waals surface area contributed by atoms with E-state index in [1.54, 1.807) is 0 Å². The van der Waals surface area contributed by atoms with Crippen molar-refractivity contribution in [3.63, 3.8) is 0 Å². The molecule has 0 radical (unpaired) electrons. The zero-order valence-corrected chi connectivity index (χ0v) is 9.97. The lowest BCUT2D eigenvalue weighted by Crippen LogP contribution is -1.73. The second kappa shape index (κ2) is 3.26. The summed E-state index contributed by atoms with van der Waals surface area (Å²) in [6.45, 7) is 0. The zero-order chi connectivity index (χ0) is 10.4. The molecule has 0 amide bonds. The summed E-state index contributed by atoms with van der Waals surface area (Å²) in [6, 6.07) is 11.9. The molecule has 1 aromatic heterocycles. The highest BCUT2D eigenvalue weighted by atomic mass is 79.9. The summed E-state index contributed by atoms with van der Waals surface area (Å²) in [7, 11) is 0. The molecule has 1 nitrogen and oxygen atoms in total. The molecule has 15 heavy (non-hydrogen) atoms. The van der Waals surface area contributed by atoms with Gasteiger partial charge in [0.15, 0.2) is 4.67 Å². The topological polar surface area (TPSA) is 13.1 Å². The lowest BCUT2D eigenvalue weighted by Gasteiger charge is -1.98. The fourth-order valence-electron chi connectivity index (χ4n) is 1.76. The number of hydrogen-bond acceptors (Lipinski definition) is 1. The Morgan fingerprint density at radius 1 is 1.00 bits per heavy atom. The predicted octanol–water partition coefficient (Wildman–Crippen LogP) is 5.00. The van der Waals surface area contributed by atoms with Gasteiger partial charge in [-0.15, -0.1) is 0 Å². The van der Waals surface area contributed by atoms with E-state index in [0.717, 1.165) is 31.4 Å². The molecule has 0 saturated carbocycles. The fraction of sp³-hybridized carbons (Fsp3) is 0. The molecule has 0 N–H and O–H groups in total. The molecule has 3 rings (SSSR count). The molecule has 0 saturated heterocycles. The maximum absolute atomic E-state index is 5.97. The van der Waals surface area contributed by atoms with Crippen LogP contribution in [0.5, 0.6) is 0 Å². The molecule has 74 valence electrons. The molecule has 0 unspecified atom stereocenters. The molecular formula is C12H6BrClO. The lowest BCUT2D eigenvalue weighted by molar-refractivity contribution is 0.590. The number of hydrogen-bond donors (Lipinski definition) is 0. The Morgan fingerprint density at radius 2 is 1.73 bits per heavy atom. The van der Waals surface area contributed by atoms with Crippen LogP contribution in [0.3, 0.4) is 0 Å². The largest absolute Gasteiger partial charge is 0.449 e. The first-order valence-corrected chi connectivity index (χ1v) is 5.68. The van der Waals surface area contributed by atoms with Gasteiger partial charge < -0.3 is 4.42 Å². The first kappa shape index (κ1) is 9.25. The Morgan fingerprint density at radius 3 is 2.60 bits per heavy atom. The Labute approximate surface area is 99.8 Å². The van der Waals surface area contributed by atoms with Crippen molar-refractivity contribution in [3.8, 4) is 0 Å². The predicted molar refractivity (Wildman–Crippen MR) is 66.4 cm³/mol. The minimum absolute atomic E-state index is 0.725. The van der Waals surface area contributed by atoms with Crippen LogP contribution in [0.15, 0.2) is 45.5 Å². The van der Waals surface area contributed by atoms with E-state index in [1.165, 1.54) is 0 Å². The minimum atomic E-state index is 0.725. The van der Waals surface area contributed by atoms with Crippen LogP contribution in [0.4, 0.5) is 0 Å². The van der Waals surface area contributed by atoms with E-state index >= 15 is 0 Å². The molecule has 3 heteroatoms. The first-order chi connectivity index (χ1) is 7.24. The lowest BCUT2D eigenvalue weighted by atomic mass is 10.1. The highest BCUT2D eigenvalue weighted by Crippen LogP contribution is 2.31. The van der Waals surface area contributed by atoms with Crippen molar-refractivity contribution in [2.45, 2.75) is 0 Å². The van der Waals surface area contributed by atoms with E-state index in [9.17, 15) is 0 Å². The number of furan rings is 1. The smallest absolute Gasteiger partial charge is 0.170 e. The summed E-state index contributed by atoms with van der Waals surface area (Å²) >= 11 is 9.30. The fourth-order valence-corrected chi connectivity index (χ4v) is 2.34. The normalized spacial score (nSPS) is 11.3. The highest BCUT2D eigenvalue weighted by molar-refractivity contribution is 9.10. The van der Waals surface area contributed by atoms with Crippen LogP contribution >= 0.6 is 27.5 Å². The number of rotatable bonds is 0. The molecule has 0 aliphatic heterocycles. The van der Waals surface area contributed by atoms with Gasteiger partial charge in [-0.1, -0.05) is 29.8 Å². The SMILES string of the molecule is Clc1ccc2ccc3cc(Br)oc3c2c1. The second-order valence-corrected chi connectivity index (χ2v) is 4.62. The van der Waals surface area contributed by atoms with E-state index in [1.807, 2.05) is 30.3 Å². The van der Waals surface area contributed by atoms with Crippen LogP contribution in [-0.2, 0) is 0 Å². The third-order valence-electron chi connectivity index (χ3n) is 2.43. The van der Waals surface area contributed by atoms with Gasteiger partial charge in [0.2, 0.25) is 0 Å². The summed E-state index contributed by atoms with van der Waals surface area (Å²) in [4.78, 5) is 0. The van der Waals surface area contributed by atoms with Crippen molar-refractivity contribution in [1.82, 2.24) is 0 Å². The van der Waals surface area contributed by atoms with Gasteiger partial charge in [-0.2, -0.15) is 0 Å². The molecule has 0 spiro atoms. The number of halogens is 2. The van der Waals surface area contributed by atoms with Crippen molar-refractivity contribution >= 4 is 49.3 Å². The Balaban J connectivity index is 2.56. The third-order valence-corrected chi connectivity index (χ3v) is 3.06.